The number of rotatable bonds is 6. The average Bonchev–Trinajstić information content (AvgIpc) is 2.70. The van der Waals surface area contributed by atoms with Gasteiger partial charge in [0.15, 0.2) is 0 Å². The van der Waals surface area contributed by atoms with Crippen LogP contribution in [0.4, 0.5) is 17.1 Å². The van der Waals surface area contributed by atoms with Gasteiger partial charge in [0, 0.05) is 18.3 Å². The van der Waals surface area contributed by atoms with Gasteiger partial charge in [-0.15, -0.1) is 0 Å². The molecule has 0 heterocycles. The van der Waals surface area contributed by atoms with E-state index in [1.54, 1.807) is 30.3 Å². The lowest BCUT2D eigenvalue weighted by molar-refractivity contribution is -0.114. The normalized spacial score (nSPS) is 10.9. The van der Waals surface area contributed by atoms with Crippen LogP contribution in [0.15, 0.2) is 77.7 Å². The predicted molar refractivity (Wildman–Crippen MR) is 117 cm³/mol. The second kappa shape index (κ2) is 8.79. The van der Waals surface area contributed by atoms with Crippen molar-refractivity contribution in [1.29, 1.82) is 0 Å². The number of hydrogen-bond donors (Lipinski definition) is 3. The molecule has 7 nitrogen and oxygen atoms in total. The molecule has 0 bridgehead atoms. The number of anilines is 3. The number of benzene rings is 3. The van der Waals surface area contributed by atoms with Crippen molar-refractivity contribution in [3.8, 4) is 0 Å². The van der Waals surface area contributed by atoms with Crippen LogP contribution in [-0.2, 0) is 14.8 Å². The van der Waals surface area contributed by atoms with Gasteiger partial charge < -0.3 is 10.6 Å². The maximum atomic E-state index is 12.8. The van der Waals surface area contributed by atoms with Crippen molar-refractivity contribution < 1.29 is 18.0 Å². The average molecular weight is 423 g/mol. The Balaban J connectivity index is 1.81. The minimum atomic E-state index is -3.94. The van der Waals surface area contributed by atoms with Gasteiger partial charge in [0.25, 0.3) is 15.9 Å². The van der Waals surface area contributed by atoms with E-state index in [4.69, 9.17) is 0 Å². The highest BCUT2D eigenvalue weighted by Crippen LogP contribution is 2.22. The first-order chi connectivity index (χ1) is 14.2. The molecule has 3 N–H and O–H groups in total. The molecule has 0 saturated heterocycles. The van der Waals surface area contributed by atoms with Crippen LogP contribution in [0.5, 0.6) is 0 Å². The van der Waals surface area contributed by atoms with E-state index in [0.717, 1.165) is 5.56 Å². The van der Waals surface area contributed by atoms with Gasteiger partial charge in [-0.3, -0.25) is 14.3 Å². The summed E-state index contributed by atoms with van der Waals surface area (Å²) in [4.78, 5) is 23.8. The van der Waals surface area contributed by atoms with Crippen LogP contribution in [0.1, 0.15) is 22.8 Å². The third-order valence-corrected chi connectivity index (χ3v) is 5.59. The first-order valence-electron chi connectivity index (χ1n) is 9.12. The summed E-state index contributed by atoms with van der Waals surface area (Å²) in [6, 6.07) is 19.4. The van der Waals surface area contributed by atoms with E-state index in [1.165, 1.54) is 37.3 Å². The summed E-state index contributed by atoms with van der Waals surface area (Å²) >= 11 is 0. The summed E-state index contributed by atoms with van der Waals surface area (Å²) in [7, 11) is -3.94. The van der Waals surface area contributed by atoms with E-state index in [-0.39, 0.29) is 22.1 Å². The maximum Gasteiger partial charge on any atom is 0.261 e. The molecule has 0 unspecified atom stereocenters. The first-order valence-corrected chi connectivity index (χ1v) is 10.6. The van der Waals surface area contributed by atoms with Gasteiger partial charge in [-0.25, -0.2) is 8.42 Å². The SMILES string of the molecule is CC(=O)Nc1ccc(S(=O)(=O)Nc2ccccc2C(=O)Nc2ccc(C)cc2)cc1. The molecular formula is C22H21N3O4S. The van der Waals surface area contributed by atoms with Gasteiger partial charge >= 0.3 is 0 Å². The molecule has 8 heteroatoms. The van der Waals surface area contributed by atoms with Crippen LogP contribution in [0.25, 0.3) is 0 Å². The highest BCUT2D eigenvalue weighted by Gasteiger charge is 2.19. The van der Waals surface area contributed by atoms with Gasteiger partial charge in [-0.05, 0) is 55.5 Å². The number of amides is 2. The molecule has 3 aromatic rings. The number of sulfonamides is 1. The Bertz CT molecular complexity index is 1170. The van der Waals surface area contributed by atoms with Crippen molar-refractivity contribution in [2.24, 2.45) is 0 Å². The fourth-order valence-corrected chi connectivity index (χ4v) is 3.81. The van der Waals surface area contributed by atoms with E-state index < -0.39 is 15.9 Å². The van der Waals surface area contributed by atoms with Crippen molar-refractivity contribution in [1.82, 2.24) is 0 Å². The molecule has 0 atom stereocenters. The number of carbonyl (C=O) groups is 2. The highest BCUT2D eigenvalue weighted by molar-refractivity contribution is 7.92. The van der Waals surface area contributed by atoms with Crippen LogP contribution in [0.2, 0.25) is 0 Å². The quantitative estimate of drug-likeness (QED) is 0.557. The standard InChI is InChI=1S/C22H21N3O4S/c1-15-7-9-18(10-8-15)24-22(27)20-5-3-4-6-21(20)25-30(28,29)19-13-11-17(12-14-19)23-16(2)26/h3-14,25H,1-2H3,(H,23,26)(H,24,27). The molecule has 30 heavy (non-hydrogen) atoms. The maximum absolute atomic E-state index is 12.8. The zero-order chi connectivity index (χ0) is 21.7. The lowest BCUT2D eigenvalue weighted by Gasteiger charge is -2.13. The summed E-state index contributed by atoms with van der Waals surface area (Å²) in [5, 5.41) is 5.34. The molecule has 0 aliphatic carbocycles. The molecule has 0 saturated carbocycles. The fourth-order valence-electron chi connectivity index (χ4n) is 2.73. The molecule has 0 aliphatic heterocycles. The Morgan fingerprint density at radius 3 is 1.97 bits per heavy atom. The molecule has 0 aromatic heterocycles. The topological polar surface area (TPSA) is 104 Å². The Morgan fingerprint density at radius 2 is 1.33 bits per heavy atom. The summed E-state index contributed by atoms with van der Waals surface area (Å²) in [5.74, 6) is -0.685. The summed E-state index contributed by atoms with van der Waals surface area (Å²) < 4.78 is 28.0. The Labute approximate surface area is 175 Å². The number of para-hydroxylation sites is 1. The van der Waals surface area contributed by atoms with Gasteiger partial charge in [0.05, 0.1) is 16.1 Å². The predicted octanol–water partition coefficient (Wildman–Crippen LogP) is 4.01. The van der Waals surface area contributed by atoms with Crippen molar-refractivity contribution in [2.45, 2.75) is 18.7 Å². The second-order valence-electron chi connectivity index (χ2n) is 6.68. The molecular weight excluding hydrogens is 402 g/mol. The van der Waals surface area contributed by atoms with Crippen LogP contribution in [0.3, 0.4) is 0 Å². The van der Waals surface area contributed by atoms with E-state index in [9.17, 15) is 18.0 Å². The van der Waals surface area contributed by atoms with E-state index in [2.05, 4.69) is 15.4 Å². The molecule has 3 aromatic carbocycles. The van der Waals surface area contributed by atoms with Crippen LogP contribution >= 0.6 is 0 Å². The molecule has 0 aliphatic rings. The molecule has 154 valence electrons. The number of hydrogen-bond acceptors (Lipinski definition) is 4. The van der Waals surface area contributed by atoms with E-state index in [0.29, 0.717) is 11.4 Å². The Morgan fingerprint density at radius 1 is 0.767 bits per heavy atom. The molecule has 2 amide bonds. The smallest absolute Gasteiger partial charge is 0.261 e. The monoisotopic (exact) mass is 423 g/mol. The fraction of sp³-hybridized carbons (Fsp3) is 0.0909. The number of carbonyl (C=O) groups excluding carboxylic acids is 2. The van der Waals surface area contributed by atoms with Crippen molar-refractivity contribution in [3.63, 3.8) is 0 Å². The molecule has 3 rings (SSSR count). The van der Waals surface area contributed by atoms with Gasteiger partial charge in [-0.1, -0.05) is 29.8 Å². The van der Waals surface area contributed by atoms with Gasteiger partial charge in [0.1, 0.15) is 0 Å². The third-order valence-electron chi connectivity index (χ3n) is 4.21. The lowest BCUT2D eigenvalue weighted by Crippen LogP contribution is -2.18. The minimum Gasteiger partial charge on any atom is -0.326 e. The van der Waals surface area contributed by atoms with Crippen LogP contribution in [0, 0.1) is 6.92 Å². The van der Waals surface area contributed by atoms with E-state index >= 15 is 0 Å². The zero-order valence-corrected chi connectivity index (χ0v) is 17.3. The molecule has 0 fully saturated rings. The Kier molecular flexibility index (Phi) is 6.17. The lowest BCUT2D eigenvalue weighted by atomic mass is 10.1. The van der Waals surface area contributed by atoms with Crippen molar-refractivity contribution in [3.05, 3.63) is 83.9 Å². The summed E-state index contributed by atoms with van der Waals surface area (Å²) in [6.07, 6.45) is 0. The van der Waals surface area contributed by atoms with Crippen molar-refractivity contribution >= 4 is 38.9 Å². The second-order valence-corrected chi connectivity index (χ2v) is 8.36. The van der Waals surface area contributed by atoms with Crippen LogP contribution < -0.4 is 15.4 Å². The summed E-state index contributed by atoms with van der Waals surface area (Å²) in [6.45, 7) is 3.31. The number of aryl methyl sites for hydroxylation is 1. The number of nitrogens with one attached hydrogen (secondary N) is 3. The third kappa shape index (κ3) is 5.24. The van der Waals surface area contributed by atoms with E-state index in [1.807, 2.05) is 19.1 Å². The van der Waals surface area contributed by atoms with Gasteiger partial charge in [0.2, 0.25) is 5.91 Å². The zero-order valence-electron chi connectivity index (χ0n) is 16.5. The van der Waals surface area contributed by atoms with Gasteiger partial charge in [-0.2, -0.15) is 0 Å². The Hall–Kier alpha value is -3.65. The molecule has 0 radical (unpaired) electrons. The first kappa shape index (κ1) is 21.1. The summed E-state index contributed by atoms with van der Waals surface area (Å²) in [5.41, 5.74) is 2.51. The van der Waals surface area contributed by atoms with Crippen LogP contribution in [-0.4, -0.2) is 20.2 Å². The highest BCUT2D eigenvalue weighted by atomic mass is 32.2. The molecule has 0 spiro atoms. The van der Waals surface area contributed by atoms with Crippen molar-refractivity contribution in [2.75, 3.05) is 15.4 Å². The largest absolute Gasteiger partial charge is 0.326 e. The minimum absolute atomic E-state index is 0.00495.